The number of nitrogens with one attached hydrogen (secondary N) is 1. The molecule has 0 aromatic carbocycles. The highest BCUT2D eigenvalue weighted by molar-refractivity contribution is 9.11. The first-order valence-corrected chi connectivity index (χ1v) is 8.42. The minimum Gasteiger partial charge on any atom is -0.352 e. The van der Waals surface area contributed by atoms with Crippen molar-refractivity contribution in [3.63, 3.8) is 0 Å². The molecule has 3 nitrogen and oxygen atoms in total. The van der Waals surface area contributed by atoms with Crippen LogP contribution in [0.1, 0.15) is 37.5 Å². The van der Waals surface area contributed by atoms with E-state index in [0.717, 1.165) is 23.2 Å². The summed E-state index contributed by atoms with van der Waals surface area (Å²) in [5, 5.41) is 3.16. The van der Waals surface area contributed by atoms with E-state index < -0.39 is 0 Å². The Morgan fingerprint density at radius 3 is 2.79 bits per heavy atom. The maximum absolute atomic E-state index is 12.2. The van der Waals surface area contributed by atoms with Crippen LogP contribution < -0.4 is 5.32 Å². The van der Waals surface area contributed by atoms with Gasteiger partial charge in [-0.25, -0.2) is 0 Å². The van der Waals surface area contributed by atoms with Crippen molar-refractivity contribution in [2.24, 2.45) is 0 Å². The lowest BCUT2D eigenvalue weighted by atomic mass is 10.2. The van der Waals surface area contributed by atoms with Crippen LogP contribution in [0.4, 0.5) is 0 Å². The summed E-state index contributed by atoms with van der Waals surface area (Å²) >= 11 is 5.19. The Balaban J connectivity index is 1.83. The molecule has 0 saturated heterocycles. The number of hydrogen-bond donors (Lipinski definition) is 1. The van der Waals surface area contributed by atoms with Crippen LogP contribution in [0.3, 0.4) is 0 Å². The fourth-order valence-electron chi connectivity index (χ4n) is 2.41. The fourth-order valence-corrected chi connectivity index (χ4v) is 3.96. The second-order valence-electron chi connectivity index (χ2n) is 5.29. The van der Waals surface area contributed by atoms with Crippen LogP contribution in [0.5, 0.6) is 0 Å². The highest BCUT2D eigenvalue weighted by Gasteiger charge is 2.23. The molecule has 2 rings (SSSR count). The molecule has 1 amide bonds. The van der Waals surface area contributed by atoms with Crippen LogP contribution in [-0.4, -0.2) is 29.9 Å². The topological polar surface area (TPSA) is 32.3 Å². The van der Waals surface area contributed by atoms with Crippen molar-refractivity contribution >= 4 is 33.2 Å². The molecule has 0 bridgehead atoms. The molecule has 1 fully saturated rings. The van der Waals surface area contributed by atoms with Crippen LogP contribution in [0, 0.1) is 0 Å². The van der Waals surface area contributed by atoms with Crippen LogP contribution in [-0.2, 0) is 11.3 Å². The predicted octanol–water partition coefficient (Wildman–Crippen LogP) is 3.39. The van der Waals surface area contributed by atoms with Crippen LogP contribution in [0.25, 0.3) is 0 Å². The molecule has 106 valence electrons. The van der Waals surface area contributed by atoms with E-state index in [1.807, 2.05) is 14.0 Å². The molecule has 0 radical (unpaired) electrons. The number of thiophene rings is 1. The van der Waals surface area contributed by atoms with Gasteiger partial charge in [0.05, 0.1) is 9.83 Å². The first-order valence-electron chi connectivity index (χ1n) is 6.81. The summed E-state index contributed by atoms with van der Waals surface area (Å²) in [7, 11) is 2.01. The van der Waals surface area contributed by atoms with Gasteiger partial charge in [0.15, 0.2) is 0 Å². The fraction of sp³-hybridized carbons (Fsp3) is 0.643. The van der Waals surface area contributed by atoms with E-state index in [-0.39, 0.29) is 11.9 Å². The summed E-state index contributed by atoms with van der Waals surface area (Å²) in [4.78, 5) is 15.6. The van der Waals surface area contributed by atoms with E-state index in [1.165, 1.54) is 17.7 Å². The van der Waals surface area contributed by atoms with E-state index in [9.17, 15) is 4.79 Å². The number of carbonyl (C=O) groups excluding carboxylic acids is 1. The van der Waals surface area contributed by atoms with E-state index >= 15 is 0 Å². The summed E-state index contributed by atoms with van der Waals surface area (Å²) < 4.78 is 1.14. The molecule has 1 N–H and O–H groups in total. The predicted molar refractivity (Wildman–Crippen MR) is 83.3 cm³/mol. The zero-order valence-corrected chi connectivity index (χ0v) is 13.9. The van der Waals surface area contributed by atoms with Gasteiger partial charge in [-0.2, -0.15) is 0 Å². The zero-order chi connectivity index (χ0) is 13.8. The van der Waals surface area contributed by atoms with E-state index in [0.29, 0.717) is 6.04 Å². The molecule has 1 aromatic rings. The third-order valence-electron chi connectivity index (χ3n) is 3.78. The van der Waals surface area contributed by atoms with Gasteiger partial charge in [0.2, 0.25) is 5.91 Å². The Labute approximate surface area is 127 Å². The number of rotatable bonds is 5. The molecule has 5 heteroatoms. The SMILES string of the molecule is CC(C(=O)NC1CCCC1)N(C)Cc1ccc(Br)s1. The average molecular weight is 345 g/mol. The van der Waals surface area contributed by atoms with Crippen molar-refractivity contribution < 1.29 is 4.79 Å². The van der Waals surface area contributed by atoms with Gasteiger partial charge in [0.1, 0.15) is 0 Å². The molecule has 1 unspecified atom stereocenters. The van der Waals surface area contributed by atoms with Crippen molar-refractivity contribution in [1.82, 2.24) is 10.2 Å². The molecule has 1 aromatic heterocycles. The molecule has 1 atom stereocenters. The third kappa shape index (κ3) is 4.29. The van der Waals surface area contributed by atoms with Crippen molar-refractivity contribution in [1.29, 1.82) is 0 Å². The van der Waals surface area contributed by atoms with Crippen LogP contribution in [0.15, 0.2) is 15.9 Å². The Morgan fingerprint density at radius 1 is 1.53 bits per heavy atom. The molecule has 1 aliphatic rings. The quantitative estimate of drug-likeness (QED) is 0.887. The van der Waals surface area contributed by atoms with Gasteiger partial charge in [0, 0.05) is 17.5 Å². The van der Waals surface area contributed by atoms with Gasteiger partial charge in [-0.15, -0.1) is 11.3 Å². The molecule has 0 aliphatic heterocycles. The van der Waals surface area contributed by atoms with Crippen molar-refractivity contribution in [3.8, 4) is 0 Å². The number of halogens is 1. The third-order valence-corrected chi connectivity index (χ3v) is 5.38. The van der Waals surface area contributed by atoms with Gasteiger partial charge < -0.3 is 5.32 Å². The summed E-state index contributed by atoms with van der Waals surface area (Å²) in [5.41, 5.74) is 0. The monoisotopic (exact) mass is 344 g/mol. The van der Waals surface area contributed by atoms with Crippen LogP contribution >= 0.6 is 27.3 Å². The number of amides is 1. The highest BCUT2D eigenvalue weighted by atomic mass is 79.9. The summed E-state index contributed by atoms with van der Waals surface area (Å²) in [6, 6.07) is 4.48. The first-order chi connectivity index (χ1) is 9.06. The number of likely N-dealkylation sites (N-methyl/N-ethyl adjacent to an activating group) is 1. The minimum atomic E-state index is -0.0820. The smallest absolute Gasteiger partial charge is 0.237 e. The lowest BCUT2D eigenvalue weighted by Crippen LogP contribution is -2.45. The lowest BCUT2D eigenvalue weighted by Gasteiger charge is -2.25. The molecule has 1 heterocycles. The molecule has 0 spiro atoms. The maximum atomic E-state index is 12.2. The normalized spacial score (nSPS) is 17.9. The summed E-state index contributed by atoms with van der Waals surface area (Å²) in [6.07, 6.45) is 4.77. The first kappa shape index (κ1) is 15.0. The number of nitrogens with zero attached hydrogens (tertiary/aromatic N) is 1. The Kier molecular flexibility index (Phi) is 5.42. The summed E-state index contributed by atoms with van der Waals surface area (Å²) in [6.45, 7) is 2.79. The standard InChI is InChI=1S/C14H21BrN2OS/c1-10(14(18)16-11-5-3-4-6-11)17(2)9-12-7-8-13(15)19-12/h7-8,10-11H,3-6,9H2,1-2H3,(H,16,18). The zero-order valence-electron chi connectivity index (χ0n) is 11.5. The Bertz CT molecular complexity index is 429. The van der Waals surface area contributed by atoms with Gasteiger partial charge >= 0.3 is 0 Å². The molecular formula is C14H21BrN2OS. The van der Waals surface area contributed by atoms with E-state index in [1.54, 1.807) is 11.3 Å². The maximum Gasteiger partial charge on any atom is 0.237 e. The highest BCUT2D eigenvalue weighted by Crippen LogP contribution is 2.23. The van der Waals surface area contributed by atoms with Gasteiger partial charge in [-0.05, 0) is 54.9 Å². The molecule has 19 heavy (non-hydrogen) atoms. The van der Waals surface area contributed by atoms with Crippen molar-refractivity contribution in [2.75, 3.05) is 7.05 Å². The number of hydrogen-bond acceptors (Lipinski definition) is 3. The van der Waals surface area contributed by atoms with Crippen molar-refractivity contribution in [2.45, 2.75) is 51.2 Å². The van der Waals surface area contributed by atoms with Crippen LogP contribution in [0.2, 0.25) is 0 Å². The lowest BCUT2D eigenvalue weighted by molar-refractivity contribution is -0.126. The molecular weight excluding hydrogens is 324 g/mol. The second-order valence-corrected chi connectivity index (χ2v) is 7.83. The minimum absolute atomic E-state index is 0.0820. The molecule has 1 aliphatic carbocycles. The van der Waals surface area contributed by atoms with Crippen molar-refractivity contribution in [3.05, 3.63) is 20.8 Å². The average Bonchev–Trinajstić information content (AvgIpc) is 3.00. The van der Waals surface area contributed by atoms with Gasteiger partial charge in [-0.1, -0.05) is 12.8 Å². The van der Waals surface area contributed by atoms with Gasteiger partial charge in [0.25, 0.3) is 0 Å². The van der Waals surface area contributed by atoms with E-state index in [4.69, 9.17) is 0 Å². The number of carbonyl (C=O) groups is 1. The second kappa shape index (κ2) is 6.86. The van der Waals surface area contributed by atoms with E-state index in [2.05, 4.69) is 38.3 Å². The largest absolute Gasteiger partial charge is 0.352 e. The summed E-state index contributed by atoms with van der Waals surface area (Å²) in [5.74, 6) is 0.157. The Morgan fingerprint density at radius 2 is 2.21 bits per heavy atom. The molecule has 1 saturated carbocycles. The van der Waals surface area contributed by atoms with Gasteiger partial charge in [-0.3, -0.25) is 9.69 Å². The Hall–Kier alpha value is -0.390.